The molecule has 1 aromatic carbocycles. The predicted octanol–water partition coefficient (Wildman–Crippen LogP) is 1.13. The maximum absolute atomic E-state index is 12.9. The number of sulfonamides is 1. The Hall–Kier alpha value is -2.06. The highest BCUT2D eigenvalue weighted by Crippen LogP contribution is 2.19. The zero-order valence-electron chi connectivity index (χ0n) is 11.8. The summed E-state index contributed by atoms with van der Waals surface area (Å²) in [5, 5.41) is 7.85. The Kier molecular flexibility index (Phi) is 4.04. The second-order valence-electron chi connectivity index (χ2n) is 4.93. The first-order chi connectivity index (χ1) is 10.6. The number of rotatable bonds is 3. The topological polar surface area (TPSA) is 66.4 Å². The normalized spacial score (nSPS) is 16.7. The second kappa shape index (κ2) is 5.98. The van der Waals surface area contributed by atoms with Gasteiger partial charge in [-0.2, -0.15) is 9.40 Å². The van der Waals surface area contributed by atoms with Crippen LogP contribution in [0.1, 0.15) is 0 Å². The van der Waals surface area contributed by atoms with Crippen molar-refractivity contribution in [2.24, 2.45) is 0 Å². The molecule has 2 aromatic rings. The van der Waals surface area contributed by atoms with Gasteiger partial charge < -0.3 is 4.90 Å². The van der Waals surface area contributed by atoms with E-state index in [1.807, 2.05) is 11.0 Å². The third kappa shape index (κ3) is 2.93. The van der Waals surface area contributed by atoms with Crippen LogP contribution < -0.4 is 4.90 Å². The lowest BCUT2D eigenvalue weighted by Gasteiger charge is -2.34. The van der Waals surface area contributed by atoms with E-state index in [1.165, 1.54) is 16.4 Å². The van der Waals surface area contributed by atoms with E-state index < -0.39 is 15.8 Å². The first-order valence-electron chi connectivity index (χ1n) is 6.86. The van der Waals surface area contributed by atoms with Crippen molar-refractivity contribution in [2.75, 3.05) is 31.1 Å². The summed E-state index contributed by atoms with van der Waals surface area (Å²) < 4.78 is 39.3. The van der Waals surface area contributed by atoms with Gasteiger partial charge in [0.1, 0.15) is 5.82 Å². The van der Waals surface area contributed by atoms with Gasteiger partial charge in [-0.25, -0.2) is 12.8 Å². The van der Waals surface area contributed by atoms with Crippen molar-refractivity contribution in [1.82, 2.24) is 14.5 Å². The maximum Gasteiger partial charge on any atom is 0.243 e. The molecule has 1 aliphatic heterocycles. The summed E-state index contributed by atoms with van der Waals surface area (Å²) in [5.41, 5.74) is 0. The smallest absolute Gasteiger partial charge is 0.243 e. The minimum absolute atomic E-state index is 0.113. The zero-order chi connectivity index (χ0) is 15.6. The van der Waals surface area contributed by atoms with Crippen LogP contribution in [0.25, 0.3) is 0 Å². The molecule has 0 N–H and O–H groups in total. The van der Waals surface area contributed by atoms with Gasteiger partial charge in [0.25, 0.3) is 0 Å². The van der Waals surface area contributed by atoms with Crippen LogP contribution in [-0.2, 0) is 10.0 Å². The molecule has 0 radical (unpaired) electrons. The molecule has 0 aliphatic carbocycles. The fraction of sp³-hybridized carbons (Fsp3) is 0.286. The number of benzene rings is 1. The van der Waals surface area contributed by atoms with E-state index in [9.17, 15) is 12.8 Å². The van der Waals surface area contributed by atoms with Gasteiger partial charge in [0.15, 0.2) is 5.82 Å². The van der Waals surface area contributed by atoms with Crippen LogP contribution in [0.5, 0.6) is 0 Å². The van der Waals surface area contributed by atoms with Crippen LogP contribution in [-0.4, -0.2) is 49.1 Å². The Morgan fingerprint density at radius 2 is 1.68 bits per heavy atom. The standard InChI is InChI=1S/C14H15FN4O2S/c15-12-3-5-13(6-4-12)22(20,21)19-10-8-18(9-11-19)14-2-1-7-16-17-14/h1-7H,8-11H2. The molecule has 116 valence electrons. The molecule has 0 amide bonds. The summed E-state index contributed by atoms with van der Waals surface area (Å²) in [6.45, 7) is 1.80. The van der Waals surface area contributed by atoms with Crippen LogP contribution in [0, 0.1) is 5.82 Å². The summed E-state index contributed by atoms with van der Waals surface area (Å²) in [7, 11) is -3.58. The number of anilines is 1. The molecule has 0 saturated carbocycles. The molecule has 6 nitrogen and oxygen atoms in total. The first kappa shape index (κ1) is 14.9. The largest absolute Gasteiger partial charge is 0.352 e. The molecule has 0 atom stereocenters. The third-order valence-corrected chi connectivity index (χ3v) is 5.49. The number of halogens is 1. The molecule has 8 heteroatoms. The van der Waals surface area contributed by atoms with Gasteiger partial charge in [-0.15, -0.1) is 5.10 Å². The van der Waals surface area contributed by atoms with E-state index in [0.717, 1.165) is 18.0 Å². The Balaban J connectivity index is 1.72. The number of aromatic nitrogens is 2. The molecule has 0 spiro atoms. The van der Waals surface area contributed by atoms with Crippen molar-refractivity contribution in [3.05, 3.63) is 48.4 Å². The van der Waals surface area contributed by atoms with Gasteiger partial charge >= 0.3 is 0 Å². The minimum Gasteiger partial charge on any atom is -0.352 e. The molecule has 1 aromatic heterocycles. The Morgan fingerprint density at radius 1 is 1.00 bits per heavy atom. The number of piperazine rings is 1. The van der Waals surface area contributed by atoms with E-state index >= 15 is 0 Å². The number of hydrogen-bond acceptors (Lipinski definition) is 5. The van der Waals surface area contributed by atoms with Crippen LogP contribution in [0.15, 0.2) is 47.5 Å². The highest BCUT2D eigenvalue weighted by Gasteiger charge is 2.28. The monoisotopic (exact) mass is 322 g/mol. The van der Waals surface area contributed by atoms with Gasteiger partial charge in [-0.3, -0.25) is 0 Å². The number of nitrogens with zero attached hydrogens (tertiary/aromatic N) is 4. The van der Waals surface area contributed by atoms with Crippen molar-refractivity contribution in [3.8, 4) is 0 Å². The summed E-state index contributed by atoms with van der Waals surface area (Å²) >= 11 is 0. The second-order valence-corrected chi connectivity index (χ2v) is 6.86. The van der Waals surface area contributed by atoms with Gasteiger partial charge in [0.05, 0.1) is 4.90 Å². The molecule has 2 heterocycles. The molecule has 0 unspecified atom stereocenters. The van der Waals surface area contributed by atoms with Crippen molar-refractivity contribution >= 4 is 15.8 Å². The Morgan fingerprint density at radius 3 is 2.27 bits per heavy atom. The van der Waals surface area contributed by atoms with Gasteiger partial charge in [-0.1, -0.05) is 0 Å². The average molecular weight is 322 g/mol. The maximum atomic E-state index is 12.9. The van der Waals surface area contributed by atoms with E-state index in [-0.39, 0.29) is 4.90 Å². The molecule has 1 fully saturated rings. The van der Waals surface area contributed by atoms with Crippen molar-refractivity contribution < 1.29 is 12.8 Å². The van der Waals surface area contributed by atoms with Gasteiger partial charge in [0.2, 0.25) is 10.0 Å². The SMILES string of the molecule is O=S(=O)(c1ccc(F)cc1)N1CCN(c2cccnn2)CC1. The lowest BCUT2D eigenvalue weighted by Crippen LogP contribution is -2.48. The summed E-state index contributed by atoms with van der Waals surface area (Å²) in [6.07, 6.45) is 1.60. The van der Waals surface area contributed by atoms with E-state index in [4.69, 9.17) is 0 Å². The van der Waals surface area contributed by atoms with Crippen LogP contribution >= 0.6 is 0 Å². The van der Waals surface area contributed by atoms with Crippen LogP contribution in [0.4, 0.5) is 10.2 Å². The Labute approximate surface area is 128 Å². The minimum atomic E-state index is -3.58. The summed E-state index contributed by atoms with van der Waals surface area (Å²) in [4.78, 5) is 2.10. The number of hydrogen-bond donors (Lipinski definition) is 0. The molecule has 3 rings (SSSR count). The molecular weight excluding hydrogens is 307 g/mol. The highest BCUT2D eigenvalue weighted by atomic mass is 32.2. The lowest BCUT2D eigenvalue weighted by molar-refractivity contribution is 0.383. The van der Waals surface area contributed by atoms with E-state index in [0.29, 0.717) is 26.2 Å². The van der Waals surface area contributed by atoms with E-state index in [2.05, 4.69) is 10.2 Å². The highest BCUT2D eigenvalue weighted by molar-refractivity contribution is 7.89. The summed E-state index contributed by atoms with van der Waals surface area (Å²) in [5.74, 6) is 0.285. The molecular formula is C14H15FN4O2S. The first-order valence-corrected chi connectivity index (χ1v) is 8.30. The lowest BCUT2D eigenvalue weighted by atomic mass is 10.3. The summed E-state index contributed by atoms with van der Waals surface area (Å²) in [6, 6.07) is 8.53. The molecule has 22 heavy (non-hydrogen) atoms. The Bertz CT molecular complexity index is 729. The average Bonchev–Trinajstić information content (AvgIpc) is 2.56. The van der Waals surface area contributed by atoms with Gasteiger partial charge in [-0.05, 0) is 36.4 Å². The van der Waals surface area contributed by atoms with Crippen molar-refractivity contribution in [1.29, 1.82) is 0 Å². The molecule has 0 bridgehead atoms. The van der Waals surface area contributed by atoms with Crippen LogP contribution in [0.3, 0.4) is 0 Å². The van der Waals surface area contributed by atoms with Gasteiger partial charge in [0, 0.05) is 32.4 Å². The zero-order valence-corrected chi connectivity index (χ0v) is 12.6. The van der Waals surface area contributed by atoms with Crippen molar-refractivity contribution in [3.63, 3.8) is 0 Å². The van der Waals surface area contributed by atoms with E-state index in [1.54, 1.807) is 12.3 Å². The molecule has 1 saturated heterocycles. The quantitative estimate of drug-likeness (QED) is 0.847. The fourth-order valence-electron chi connectivity index (χ4n) is 2.38. The van der Waals surface area contributed by atoms with Crippen LogP contribution in [0.2, 0.25) is 0 Å². The van der Waals surface area contributed by atoms with Crippen molar-refractivity contribution in [2.45, 2.75) is 4.90 Å². The fourth-order valence-corrected chi connectivity index (χ4v) is 3.80. The molecule has 1 aliphatic rings. The third-order valence-electron chi connectivity index (χ3n) is 3.57. The predicted molar refractivity (Wildman–Crippen MR) is 79.4 cm³/mol.